The summed E-state index contributed by atoms with van der Waals surface area (Å²) in [5, 5.41) is 5.01. The van der Waals surface area contributed by atoms with Crippen molar-refractivity contribution in [3.05, 3.63) is 109 Å². The van der Waals surface area contributed by atoms with Crippen LogP contribution in [0.1, 0.15) is 0 Å². The van der Waals surface area contributed by atoms with Crippen LogP contribution in [0.25, 0.3) is 49.4 Å². The average molecular weight is 384 g/mol. The fourth-order valence-corrected chi connectivity index (χ4v) is 4.50. The van der Waals surface area contributed by atoms with Crippen molar-refractivity contribution in [2.24, 2.45) is 0 Å². The second-order valence-electron chi connectivity index (χ2n) is 7.71. The molecule has 0 radical (unpaired) electrons. The zero-order valence-electron chi connectivity index (χ0n) is 16.4. The average Bonchev–Trinajstić information content (AvgIpc) is 3.13. The highest BCUT2D eigenvalue weighted by Gasteiger charge is 2.14. The largest absolute Gasteiger partial charge is 0.399 e. The van der Waals surface area contributed by atoms with Crippen LogP contribution < -0.4 is 5.73 Å². The van der Waals surface area contributed by atoms with Crippen molar-refractivity contribution in [1.29, 1.82) is 0 Å². The van der Waals surface area contributed by atoms with E-state index in [-0.39, 0.29) is 0 Å². The Kier molecular flexibility index (Phi) is 3.65. The number of fused-ring (bicyclic) bond motifs is 4. The molecule has 1 aromatic heterocycles. The maximum absolute atomic E-state index is 5.92. The summed E-state index contributed by atoms with van der Waals surface area (Å²) < 4.78 is 2.40. The van der Waals surface area contributed by atoms with Gasteiger partial charge in [-0.1, -0.05) is 72.8 Å². The summed E-state index contributed by atoms with van der Waals surface area (Å²) in [5.41, 5.74) is 12.7. The molecule has 6 aromatic rings. The number of para-hydroxylation sites is 2. The summed E-state index contributed by atoms with van der Waals surface area (Å²) >= 11 is 0. The SMILES string of the molecule is Nc1ccc(-c2cc(-n3c4ccccc4c4ccccc43)c3ccccc3c2)cc1. The zero-order chi connectivity index (χ0) is 20.1. The van der Waals surface area contributed by atoms with E-state index in [0.29, 0.717) is 0 Å². The molecule has 5 aromatic carbocycles. The third-order valence-corrected chi connectivity index (χ3v) is 5.90. The van der Waals surface area contributed by atoms with Gasteiger partial charge in [-0.3, -0.25) is 0 Å². The van der Waals surface area contributed by atoms with Gasteiger partial charge in [0.05, 0.1) is 16.7 Å². The van der Waals surface area contributed by atoms with Crippen LogP contribution in [0.2, 0.25) is 0 Å². The van der Waals surface area contributed by atoms with E-state index in [2.05, 4.69) is 102 Å². The number of benzene rings is 5. The molecule has 6 rings (SSSR count). The van der Waals surface area contributed by atoms with E-state index in [0.717, 1.165) is 11.3 Å². The van der Waals surface area contributed by atoms with Crippen molar-refractivity contribution in [3.8, 4) is 16.8 Å². The van der Waals surface area contributed by atoms with Crippen molar-refractivity contribution >= 4 is 38.3 Å². The molecule has 0 aliphatic carbocycles. The van der Waals surface area contributed by atoms with Gasteiger partial charge in [-0.2, -0.15) is 0 Å². The van der Waals surface area contributed by atoms with E-state index in [4.69, 9.17) is 5.73 Å². The van der Waals surface area contributed by atoms with Crippen LogP contribution in [-0.2, 0) is 0 Å². The number of anilines is 1. The Morgan fingerprint density at radius 1 is 0.500 bits per heavy atom. The highest BCUT2D eigenvalue weighted by Crippen LogP contribution is 2.37. The minimum absolute atomic E-state index is 0.780. The van der Waals surface area contributed by atoms with Gasteiger partial charge < -0.3 is 10.3 Å². The first-order valence-corrected chi connectivity index (χ1v) is 10.2. The van der Waals surface area contributed by atoms with Gasteiger partial charge in [0, 0.05) is 21.8 Å². The van der Waals surface area contributed by atoms with Gasteiger partial charge >= 0.3 is 0 Å². The zero-order valence-corrected chi connectivity index (χ0v) is 16.4. The van der Waals surface area contributed by atoms with Crippen molar-refractivity contribution < 1.29 is 0 Å². The van der Waals surface area contributed by atoms with E-state index in [1.165, 1.54) is 43.8 Å². The van der Waals surface area contributed by atoms with Crippen molar-refractivity contribution in [1.82, 2.24) is 4.57 Å². The number of hydrogen-bond acceptors (Lipinski definition) is 1. The maximum Gasteiger partial charge on any atom is 0.0546 e. The Morgan fingerprint density at radius 3 is 1.73 bits per heavy atom. The topological polar surface area (TPSA) is 30.9 Å². The monoisotopic (exact) mass is 384 g/mol. The summed E-state index contributed by atoms with van der Waals surface area (Å²) in [6.45, 7) is 0. The van der Waals surface area contributed by atoms with Crippen LogP contribution in [0.5, 0.6) is 0 Å². The highest BCUT2D eigenvalue weighted by atomic mass is 15.0. The minimum atomic E-state index is 0.780. The van der Waals surface area contributed by atoms with E-state index in [9.17, 15) is 0 Å². The summed E-state index contributed by atoms with van der Waals surface area (Å²) in [6.07, 6.45) is 0. The molecule has 142 valence electrons. The van der Waals surface area contributed by atoms with Crippen molar-refractivity contribution in [3.63, 3.8) is 0 Å². The van der Waals surface area contributed by atoms with Gasteiger partial charge in [0.1, 0.15) is 0 Å². The predicted molar refractivity (Wildman–Crippen MR) is 128 cm³/mol. The number of nitrogens with two attached hydrogens (primary N) is 1. The van der Waals surface area contributed by atoms with Gasteiger partial charge in [-0.15, -0.1) is 0 Å². The van der Waals surface area contributed by atoms with Crippen LogP contribution in [0.4, 0.5) is 5.69 Å². The smallest absolute Gasteiger partial charge is 0.0546 e. The molecule has 0 saturated heterocycles. The normalized spacial score (nSPS) is 11.5. The first-order valence-electron chi connectivity index (χ1n) is 10.2. The molecule has 0 atom stereocenters. The second kappa shape index (κ2) is 6.50. The first-order chi connectivity index (χ1) is 14.8. The lowest BCUT2D eigenvalue weighted by molar-refractivity contribution is 1.20. The Balaban J connectivity index is 1.75. The molecule has 0 bridgehead atoms. The molecule has 0 aliphatic rings. The van der Waals surface area contributed by atoms with Gasteiger partial charge in [-0.25, -0.2) is 0 Å². The Morgan fingerprint density at radius 2 is 1.07 bits per heavy atom. The maximum atomic E-state index is 5.92. The lowest BCUT2D eigenvalue weighted by atomic mass is 9.99. The first kappa shape index (κ1) is 16.9. The quantitative estimate of drug-likeness (QED) is 0.315. The van der Waals surface area contributed by atoms with E-state index < -0.39 is 0 Å². The molecule has 2 heteroatoms. The Bertz CT molecular complexity index is 1490. The fourth-order valence-electron chi connectivity index (χ4n) is 4.50. The molecular formula is C28H20N2. The summed E-state index contributed by atoms with van der Waals surface area (Å²) in [6, 6.07) is 38.6. The summed E-state index contributed by atoms with van der Waals surface area (Å²) in [7, 11) is 0. The molecule has 0 aliphatic heterocycles. The van der Waals surface area contributed by atoms with E-state index in [1.807, 2.05) is 12.1 Å². The minimum Gasteiger partial charge on any atom is -0.399 e. The number of nitrogen functional groups attached to an aromatic ring is 1. The third-order valence-electron chi connectivity index (χ3n) is 5.90. The number of aromatic nitrogens is 1. The Hall–Kier alpha value is -4.04. The third kappa shape index (κ3) is 2.51. The molecule has 1 heterocycles. The van der Waals surface area contributed by atoms with Gasteiger partial charge in [0.25, 0.3) is 0 Å². The number of nitrogens with zero attached hydrogens (tertiary/aromatic N) is 1. The molecule has 0 fully saturated rings. The molecule has 0 amide bonds. The van der Waals surface area contributed by atoms with Crippen molar-refractivity contribution in [2.45, 2.75) is 0 Å². The second-order valence-corrected chi connectivity index (χ2v) is 7.71. The number of rotatable bonds is 2. The molecule has 30 heavy (non-hydrogen) atoms. The lowest BCUT2D eigenvalue weighted by Gasteiger charge is -2.14. The van der Waals surface area contributed by atoms with Gasteiger partial charge in [-0.05, 0) is 52.9 Å². The van der Waals surface area contributed by atoms with Crippen LogP contribution in [0.15, 0.2) is 109 Å². The Labute approximate surface area is 174 Å². The molecule has 0 spiro atoms. The van der Waals surface area contributed by atoms with Gasteiger partial charge in [0.15, 0.2) is 0 Å². The predicted octanol–water partition coefficient (Wildman–Crippen LogP) is 7.19. The summed E-state index contributed by atoms with van der Waals surface area (Å²) in [5.74, 6) is 0. The van der Waals surface area contributed by atoms with E-state index in [1.54, 1.807) is 0 Å². The van der Waals surface area contributed by atoms with Crippen LogP contribution in [0, 0.1) is 0 Å². The molecule has 0 unspecified atom stereocenters. The van der Waals surface area contributed by atoms with Crippen LogP contribution >= 0.6 is 0 Å². The molecule has 2 N–H and O–H groups in total. The van der Waals surface area contributed by atoms with Crippen LogP contribution in [-0.4, -0.2) is 4.57 Å². The van der Waals surface area contributed by atoms with Gasteiger partial charge in [0.2, 0.25) is 0 Å². The molecular weight excluding hydrogens is 364 g/mol. The number of hydrogen-bond donors (Lipinski definition) is 1. The fraction of sp³-hybridized carbons (Fsp3) is 0. The molecule has 0 saturated carbocycles. The summed E-state index contributed by atoms with van der Waals surface area (Å²) in [4.78, 5) is 0. The molecule has 2 nitrogen and oxygen atoms in total. The van der Waals surface area contributed by atoms with Crippen LogP contribution in [0.3, 0.4) is 0 Å². The lowest BCUT2D eigenvalue weighted by Crippen LogP contribution is -1.96. The highest BCUT2D eigenvalue weighted by molar-refractivity contribution is 6.10. The van der Waals surface area contributed by atoms with Crippen molar-refractivity contribution in [2.75, 3.05) is 5.73 Å². The van der Waals surface area contributed by atoms with E-state index >= 15 is 0 Å². The standard InChI is InChI=1S/C28H20N2/c29-22-15-13-19(14-16-22)21-17-20-7-1-2-8-23(20)28(18-21)30-26-11-5-3-9-24(26)25-10-4-6-12-27(25)30/h1-18H,29H2.